The summed E-state index contributed by atoms with van der Waals surface area (Å²) in [7, 11) is 0. The highest BCUT2D eigenvalue weighted by atomic mass is 16.2. The molecule has 3 rings (SSSR count). The van der Waals surface area contributed by atoms with E-state index >= 15 is 0 Å². The number of quaternary nitrogens is 1. The summed E-state index contributed by atoms with van der Waals surface area (Å²) in [4.78, 5) is 38.2. The molecular formula is C23H29N4O3+. The van der Waals surface area contributed by atoms with E-state index in [1.54, 1.807) is 12.1 Å². The predicted octanol–water partition coefficient (Wildman–Crippen LogP) is 1.84. The number of carbonyl (C=O) groups excluding carboxylic acids is 3. The molecule has 158 valence electrons. The zero-order valence-electron chi connectivity index (χ0n) is 17.6. The summed E-state index contributed by atoms with van der Waals surface area (Å²) in [6.45, 7) is 6.12. The van der Waals surface area contributed by atoms with Crippen LogP contribution in [-0.2, 0) is 15.1 Å². The Hall–Kier alpha value is -3.19. The Morgan fingerprint density at radius 2 is 1.67 bits per heavy atom. The third-order valence-electron chi connectivity index (χ3n) is 5.58. The molecule has 2 aromatic rings. The van der Waals surface area contributed by atoms with Gasteiger partial charge in [0.25, 0.3) is 11.8 Å². The van der Waals surface area contributed by atoms with Crippen molar-refractivity contribution in [3.8, 4) is 0 Å². The van der Waals surface area contributed by atoms with Crippen LogP contribution < -0.4 is 16.1 Å². The first-order chi connectivity index (χ1) is 14.4. The molecule has 0 radical (unpaired) electrons. The third-order valence-corrected chi connectivity index (χ3v) is 5.58. The van der Waals surface area contributed by atoms with Crippen LogP contribution in [0.25, 0.3) is 0 Å². The normalized spacial score (nSPS) is 19.7. The van der Waals surface area contributed by atoms with Gasteiger partial charge in [-0.15, -0.1) is 0 Å². The molecule has 0 saturated carbocycles. The number of imide groups is 1. The van der Waals surface area contributed by atoms with Gasteiger partial charge in [-0.1, -0.05) is 81.4 Å². The minimum absolute atomic E-state index is 0.0964. The molecule has 0 unspecified atom stereocenters. The number of nitrogens with zero attached hydrogens (tertiary/aromatic N) is 1. The minimum atomic E-state index is -1.17. The zero-order chi connectivity index (χ0) is 21.7. The van der Waals surface area contributed by atoms with Crippen molar-refractivity contribution in [2.45, 2.75) is 38.8 Å². The first kappa shape index (κ1) is 21.5. The number of rotatable bonds is 8. The van der Waals surface area contributed by atoms with Crippen molar-refractivity contribution in [2.75, 3.05) is 6.54 Å². The van der Waals surface area contributed by atoms with Crippen molar-refractivity contribution in [3.63, 3.8) is 0 Å². The van der Waals surface area contributed by atoms with E-state index < -0.39 is 23.4 Å². The number of nitrogens with one attached hydrogen (secondary N) is 2. The number of nitrogens with two attached hydrogens (primary N) is 1. The number of carbonyl (C=O) groups is 3. The van der Waals surface area contributed by atoms with Crippen LogP contribution in [0.4, 0.5) is 4.79 Å². The molecule has 0 spiro atoms. The van der Waals surface area contributed by atoms with Gasteiger partial charge >= 0.3 is 6.03 Å². The quantitative estimate of drug-likeness (QED) is 0.581. The highest BCUT2D eigenvalue weighted by molar-refractivity contribution is 6.08. The van der Waals surface area contributed by atoms with E-state index in [2.05, 4.69) is 24.6 Å². The van der Waals surface area contributed by atoms with Crippen LogP contribution in [0.2, 0.25) is 0 Å². The van der Waals surface area contributed by atoms with Gasteiger partial charge < -0.3 is 10.6 Å². The van der Waals surface area contributed by atoms with Gasteiger partial charge in [-0.2, -0.15) is 5.01 Å². The van der Waals surface area contributed by atoms with E-state index in [9.17, 15) is 14.4 Å². The van der Waals surface area contributed by atoms with E-state index in [-0.39, 0.29) is 12.6 Å². The molecule has 0 bridgehead atoms. The van der Waals surface area contributed by atoms with Gasteiger partial charge in [0.2, 0.25) is 0 Å². The van der Waals surface area contributed by atoms with Crippen molar-refractivity contribution < 1.29 is 19.7 Å². The summed E-state index contributed by atoms with van der Waals surface area (Å²) in [5.74, 6) is -0.569. The monoisotopic (exact) mass is 409 g/mol. The summed E-state index contributed by atoms with van der Waals surface area (Å²) in [6.07, 6.45) is 0.378. The van der Waals surface area contributed by atoms with Crippen molar-refractivity contribution >= 4 is 17.8 Å². The largest absolute Gasteiger partial charge is 0.344 e. The van der Waals surface area contributed by atoms with Crippen LogP contribution in [0.15, 0.2) is 60.7 Å². The van der Waals surface area contributed by atoms with E-state index in [1.807, 2.05) is 60.8 Å². The lowest BCUT2D eigenvalue weighted by molar-refractivity contribution is -0.692. The number of benzene rings is 2. The number of amides is 4. The Morgan fingerprint density at radius 1 is 1.07 bits per heavy atom. The molecule has 1 saturated heterocycles. The maximum atomic E-state index is 13.1. The molecule has 1 heterocycles. The Bertz CT molecular complexity index is 901. The predicted molar refractivity (Wildman–Crippen MR) is 113 cm³/mol. The maximum Gasteiger partial charge on any atom is 0.344 e. The Labute approximate surface area is 176 Å². The van der Waals surface area contributed by atoms with E-state index in [0.717, 1.165) is 10.6 Å². The van der Waals surface area contributed by atoms with Gasteiger partial charge in [-0.25, -0.2) is 4.79 Å². The first-order valence-corrected chi connectivity index (χ1v) is 10.3. The molecule has 2 aromatic carbocycles. The lowest BCUT2D eigenvalue weighted by atomic mass is 9.87. The van der Waals surface area contributed by atoms with Gasteiger partial charge in [0, 0.05) is 11.5 Å². The Balaban J connectivity index is 1.68. The smallest absolute Gasteiger partial charge is 0.332 e. The van der Waals surface area contributed by atoms with Crippen LogP contribution in [-0.4, -0.2) is 29.4 Å². The van der Waals surface area contributed by atoms with Gasteiger partial charge in [0.05, 0.1) is 0 Å². The average molecular weight is 410 g/mol. The summed E-state index contributed by atoms with van der Waals surface area (Å²) >= 11 is 0. The second kappa shape index (κ2) is 9.09. The van der Waals surface area contributed by atoms with Gasteiger partial charge in [0.1, 0.15) is 11.6 Å². The molecule has 7 heteroatoms. The van der Waals surface area contributed by atoms with Gasteiger partial charge in [-0.3, -0.25) is 15.0 Å². The van der Waals surface area contributed by atoms with Crippen molar-refractivity contribution in [1.82, 2.24) is 15.8 Å². The molecule has 7 nitrogen and oxygen atoms in total. The fourth-order valence-corrected chi connectivity index (χ4v) is 3.91. The summed E-state index contributed by atoms with van der Waals surface area (Å²) < 4.78 is 0. The molecular weight excluding hydrogens is 380 g/mol. The lowest BCUT2D eigenvalue weighted by Gasteiger charge is -2.25. The fraction of sp³-hybridized carbons (Fsp3) is 0.348. The highest BCUT2D eigenvalue weighted by Gasteiger charge is 2.52. The van der Waals surface area contributed by atoms with Crippen LogP contribution in [0, 0.1) is 5.92 Å². The SMILES string of the molecule is CC[C@@]1(c2ccccc2)NC(=O)N(NC(=O)C[NH2+][C@H](c2ccccc2)C(C)C)C1=O. The van der Waals surface area contributed by atoms with E-state index in [0.29, 0.717) is 17.9 Å². The van der Waals surface area contributed by atoms with Crippen LogP contribution in [0.3, 0.4) is 0 Å². The lowest BCUT2D eigenvalue weighted by Crippen LogP contribution is -2.88. The number of hydrogen-bond acceptors (Lipinski definition) is 3. The molecule has 4 N–H and O–H groups in total. The number of hydrazine groups is 1. The molecule has 0 aliphatic carbocycles. The average Bonchev–Trinajstić information content (AvgIpc) is 3.00. The Kier molecular flexibility index (Phi) is 6.52. The van der Waals surface area contributed by atoms with Crippen LogP contribution >= 0.6 is 0 Å². The maximum absolute atomic E-state index is 13.1. The van der Waals surface area contributed by atoms with Crippen LogP contribution in [0.1, 0.15) is 44.4 Å². The zero-order valence-corrected chi connectivity index (χ0v) is 17.6. The molecule has 30 heavy (non-hydrogen) atoms. The third kappa shape index (κ3) is 4.21. The highest BCUT2D eigenvalue weighted by Crippen LogP contribution is 2.31. The molecule has 0 aromatic heterocycles. The molecule has 4 amide bonds. The van der Waals surface area contributed by atoms with E-state index in [1.165, 1.54) is 0 Å². The number of urea groups is 1. The molecule has 1 aliphatic rings. The second-order valence-corrected chi connectivity index (χ2v) is 7.85. The molecule has 1 aliphatic heterocycles. The molecule has 1 fully saturated rings. The van der Waals surface area contributed by atoms with Gasteiger partial charge in [-0.05, 0) is 12.0 Å². The first-order valence-electron chi connectivity index (χ1n) is 10.3. The fourth-order valence-electron chi connectivity index (χ4n) is 3.91. The van der Waals surface area contributed by atoms with Crippen molar-refractivity contribution in [2.24, 2.45) is 5.92 Å². The summed E-state index contributed by atoms with van der Waals surface area (Å²) in [6, 6.07) is 18.5. The second-order valence-electron chi connectivity index (χ2n) is 7.85. The summed E-state index contributed by atoms with van der Waals surface area (Å²) in [5, 5.41) is 5.49. The van der Waals surface area contributed by atoms with Crippen molar-refractivity contribution in [3.05, 3.63) is 71.8 Å². The summed E-state index contributed by atoms with van der Waals surface area (Å²) in [5.41, 5.74) is 3.14. The number of hydrogen-bond donors (Lipinski definition) is 3. The standard InChI is InChI=1S/C23H28N4O3/c1-4-23(18-13-9-6-10-14-18)21(29)27(22(30)25-23)26-19(28)15-24-20(16(2)3)17-11-7-5-8-12-17/h5-14,16,20,24H,4,15H2,1-3H3,(H,25,30)(H,26,28)/p+1/t20-,23-/m0/s1. The topological polar surface area (TPSA) is 95.1 Å². The van der Waals surface area contributed by atoms with Crippen LogP contribution in [0.5, 0.6) is 0 Å². The van der Waals surface area contributed by atoms with Crippen molar-refractivity contribution in [1.29, 1.82) is 0 Å². The Morgan fingerprint density at radius 3 is 2.23 bits per heavy atom. The molecule has 2 atom stereocenters. The van der Waals surface area contributed by atoms with E-state index in [4.69, 9.17) is 0 Å². The van der Waals surface area contributed by atoms with Gasteiger partial charge in [0.15, 0.2) is 6.54 Å². The minimum Gasteiger partial charge on any atom is -0.332 e.